The third-order valence-electron chi connectivity index (χ3n) is 2.69. The lowest BCUT2D eigenvalue weighted by Crippen LogP contribution is -2.05. The fourth-order valence-electron chi connectivity index (χ4n) is 1.73. The molecule has 2 aromatic carbocycles. The predicted octanol–water partition coefficient (Wildman–Crippen LogP) is 4.67. The van der Waals surface area contributed by atoms with E-state index in [1.54, 1.807) is 0 Å². The van der Waals surface area contributed by atoms with Crippen molar-refractivity contribution >= 4 is 44.8 Å². The number of hydrogen-bond acceptors (Lipinski definition) is 2. The number of nitrogens with one attached hydrogen (secondary N) is 2. The Kier molecular flexibility index (Phi) is 5.04. The van der Waals surface area contributed by atoms with E-state index < -0.39 is 0 Å². The molecule has 3 nitrogen and oxygen atoms in total. The van der Waals surface area contributed by atoms with Crippen LogP contribution in [0.1, 0.15) is 12.5 Å². The highest BCUT2D eigenvalue weighted by Gasteiger charge is 2.00. The highest BCUT2D eigenvalue weighted by Crippen LogP contribution is 2.23. The Morgan fingerprint density at radius 2 is 1.80 bits per heavy atom. The molecule has 0 aliphatic heterocycles. The monoisotopic (exact) mass is 352 g/mol. The summed E-state index contributed by atoms with van der Waals surface area (Å²) in [5.74, 6) is -0.0725. The molecule has 5 heteroatoms. The van der Waals surface area contributed by atoms with Gasteiger partial charge in [-0.25, -0.2) is 0 Å². The first-order valence-corrected chi connectivity index (χ1v) is 7.27. The quantitative estimate of drug-likeness (QED) is 0.838. The zero-order valence-corrected chi connectivity index (χ0v) is 13.3. The van der Waals surface area contributed by atoms with Crippen LogP contribution in [0.2, 0.25) is 5.02 Å². The average Bonchev–Trinajstić information content (AvgIpc) is 2.41. The van der Waals surface area contributed by atoms with Gasteiger partial charge in [-0.05, 0) is 57.9 Å². The Labute approximate surface area is 131 Å². The van der Waals surface area contributed by atoms with E-state index in [0.29, 0.717) is 11.6 Å². The van der Waals surface area contributed by atoms with Crippen molar-refractivity contribution in [3.63, 3.8) is 0 Å². The fraction of sp³-hybridized carbons (Fsp3) is 0.133. The molecule has 104 valence electrons. The number of rotatable bonds is 4. The summed E-state index contributed by atoms with van der Waals surface area (Å²) in [6.45, 7) is 2.19. The maximum atomic E-state index is 10.9. The van der Waals surface area contributed by atoms with E-state index in [-0.39, 0.29) is 5.91 Å². The first-order chi connectivity index (χ1) is 9.54. The van der Waals surface area contributed by atoms with Gasteiger partial charge in [0, 0.05) is 29.3 Å². The number of amides is 1. The number of anilines is 2. The molecule has 20 heavy (non-hydrogen) atoms. The van der Waals surface area contributed by atoms with Crippen molar-refractivity contribution in [3.8, 4) is 0 Å². The second kappa shape index (κ2) is 6.77. The average molecular weight is 354 g/mol. The van der Waals surface area contributed by atoms with Gasteiger partial charge < -0.3 is 10.6 Å². The zero-order chi connectivity index (χ0) is 14.5. The van der Waals surface area contributed by atoms with Gasteiger partial charge in [0.25, 0.3) is 0 Å². The van der Waals surface area contributed by atoms with Crippen molar-refractivity contribution < 1.29 is 4.79 Å². The summed E-state index contributed by atoms with van der Waals surface area (Å²) in [6, 6.07) is 13.4. The Morgan fingerprint density at radius 3 is 2.40 bits per heavy atom. The maximum Gasteiger partial charge on any atom is 0.221 e. The zero-order valence-electron chi connectivity index (χ0n) is 10.9. The molecule has 0 aliphatic carbocycles. The lowest BCUT2D eigenvalue weighted by Gasteiger charge is -2.09. The number of carbonyl (C=O) groups is 1. The summed E-state index contributed by atoms with van der Waals surface area (Å²) >= 11 is 9.36. The van der Waals surface area contributed by atoms with Crippen LogP contribution in [0, 0.1) is 0 Å². The van der Waals surface area contributed by atoms with Crippen LogP contribution in [-0.4, -0.2) is 5.91 Å². The molecule has 0 spiro atoms. The summed E-state index contributed by atoms with van der Waals surface area (Å²) in [7, 11) is 0. The Morgan fingerprint density at radius 1 is 1.15 bits per heavy atom. The Bertz CT molecular complexity index is 614. The molecule has 0 bridgehead atoms. The maximum absolute atomic E-state index is 10.9. The molecule has 0 radical (unpaired) electrons. The molecule has 2 rings (SSSR count). The van der Waals surface area contributed by atoms with Crippen LogP contribution in [0.25, 0.3) is 0 Å². The molecular formula is C15H14BrClN2O. The molecule has 2 N–H and O–H groups in total. The van der Waals surface area contributed by atoms with Gasteiger partial charge in [-0.3, -0.25) is 4.79 Å². The van der Waals surface area contributed by atoms with Gasteiger partial charge in [-0.1, -0.05) is 17.7 Å². The fourth-order valence-corrected chi connectivity index (χ4v) is 2.27. The second-order valence-corrected chi connectivity index (χ2v) is 5.62. The second-order valence-electron chi connectivity index (χ2n) is 4.36. The molecule has 0 unspecified atom stereocenters. The third kappa shape index (κ3) is 4.25. The predicted molar refractivity (Wildman–Crippen MR) is 87.2 cm³/mol. The number of halogens is 2. The first-order valence-electron chi connectivity index (χ1n) is 6.10. The normalized spacial score (nSPS) is 10.2. The van der Waals surface area contributed by atoms with Crippen molar-refractivity contribution in [1.82, 2.24) is 0 Å². The van der Waals surface area contributed by atoms with Crippen LogP contribution in [0.3, 0.4) is 0 Å². The van der Waals surface area contributed by atoms with Crippen molar-refractivity contribution in [3.05, 3.63) is 57.5 Å². The molecule has 2 aromatic rings. The highest BCUT2D eigenvalue weighted by atomic mass is 79.9. The van der Waals surface area contributed by atoms with Crippen LogP contribution in [0.5, 0.6) is 0 Å². The molecule has 0 aromatic heterocycles. The molecule has 0 atom stereocenters. The van der Waals surface area contributed by atoms with E-state index in [2.05, 4.69) is 26.6 Å². The molecule has 1 amide bonds. The van der Waals surface area contributed by atoms with Crippen molar-refractivity contribution in [2.45, 2.75) is 13.5 Å². The topological polar surface area (TPSA) is 41.1 Å². The summed E-state index contributed by atoms with van der Waals surface area (Å²) < 4.78 is 0.888. The Balaban J connectivity index is 1.96. The van der Waals surface area contributed by atoms with Gasteiger partial charge in [0.2, 0.25) is 5.91 Å². The Hall–Kier alpha value is -1.52. The minimum absolute atomic E-state index is 0.0725. The first kappa shape index (κ1) is 14.9. The number of hydrogen-bond donors (Lipinski definition) is 2. The van der Waals surface area contributed by atoms with Gasteiger partial charge in [-0.15, -0.1) is 0 Å². The van der Waals surface area contributed by atoms with E-state index in [1.807, 2.05) is 42.5 Å². The largest absolute Gasteiger partial charge is 0.381 e. The van der Waals surface area contributed by atoms with Crippen LogP contribution < -0.4 is 10.6 Å². The van der Waals surface area contributed by atoms with Gasteiger partial charge in [0.1, 0.15) is 0 Å². The van der Waals surface area contributed by atoms with Gasteiger partial charge in [0.15, 0.2) is 0 Å². The molecule has 0 saturated heterocycles. The number of carbonyl (C=O) groups excluding carboxylic acids is 1. The smallest absolute Gasteiger partial charge is 0.221 e. The minimum atomic E-state index is -0.0725. The van der Waals surface area contributed by atoms with E-state index >= 15 is 0 Å². The van der Waals surface area contributed by atoms with Gasteiger partial charge in [-0.2, -0.15) is 0 Å². The lowest BCUT2D eigenvalue weighted by molar-refractivity contribution is -0.114. The van der Waals surface area contributed by atoms with E-state index in [1.165, 1.54) is 6.92 Å². The van der Waals surface area contributed by atoms with E-state index in [0.717, 1.165) is 21.4 Å². The van der Waals surface area contributed by atoms with Crippen LogP contribution in [-0.2, 0) is 11.3 Å². The molecule has 0 fully saturated rings. The number of benzene rings is 2. The standard InChI is InChI=1S/C15H14BrClN2O/c1-10(20)19-13-5-3-12(4-6-13)18-9-11-2-7-15(17)14(16)8-11/h2-8,18H,9H2,1H3,(H,19,20). The molecule has 0 aliphatic rings. The van der Waals surface area contributed by atoms with Crippen LogP contribution in [0.15, 0.2) is 46.9 Å². The van der Waals surface area contributed by atoms with Crippen LogP contribution >= 0.6 is 27.5 Å². The van der Waals surface area contributed by atoms with Crippen molar-refractivity contribution in [2.24, 2.45) is 0 Å². The minimum Gasteiger partial charge on any atom is -0.381 e. The van der Waals surface area contributed by atoms with Crippen LogP contribution in [0.4, 0.5) is 11.4 Å². The molecule has 0 saturated carbocycles. The SMILES string of the molecule is CC(=O)Nc1ccc(NCc2ccc(Cl)c(Br)c2)cc1. The third-order valence-corrected chi connectivity index (χ3v) is 3.90. The summed E-state index contributed by atoms with van der Waals surface area (Å²) in [4.78, 5) is 10.9. The van der Waals surface area contributed by atoms with E-state index in [9.17, 15) is 4.79 Å². The highest BCUT2D eigenvalue weighted by molar-refractivity contribution is 9.10. The van der Waals surface area contributed by atoms with Gasteiger partial charge in [0.05, 0.1) is 5.02 Å². The van der Waals surface area contributed by atoms with Crippen molar-refractivity contribution in [1.29, 1.82) is 0 Å². The van der Waals surface area contributed by atoms with E-state index in [4.69, 9.17) is 11.6 Å². The van der Waals surface area contributed by atoms with Gasteiger partial charge >= 0.3 is 0 Å². The lowest BCUT2D eigenvalue weighted by atomic mass is 10.2. The molecule has 0 heterocycles. The van der Waals surface area contributed by atoms with Crippen molar-refractivity contribution in [2.75, 3.05) is 10.6 Å². The summed E-state index contributed by atoms with van der Waals surface area (Å²) in [5.41, 5.74) is 2.91. The summed E-state index contributed by atoms with van der Waals surface area (Å²) in [6.07, 6.45) is 0. The molecular weight excluding hydrogens is 340 g/mol. The summed E-state index contributed by atoms with van der Waals surface area (Å²) in [5, 5.41) is 6.75.